The zero-order valence-corrected chi connectivity index (χ0v) is 10.4. The van der Waals surface area contributed by atoms with Gasteiger partial charge in [-0.15, -0.1) is 22.7 Å². The lowest BCUT2D eigenvalue weighted by Gasteiger charge is -1.76. The average Bonchev–Trinajstić information content (AvgIpc) is 2.55. The van der Waals surface area contributed by atoms with Gasteiger partial charge in [-0.3, -0.25) is 4.79 Å². The van der Waals surface area contributed by atoms with Gasteiger partial charge in [-0.1, -0.05) is 0 Å². The summed E-state index contributed by atoms with van der Waals surface area (Å²) in [5, 5.41) is 1.12. The Hall–Kier alpha value is 0.290. The maximum absolute atomic E-state index is 10.5. The summed E-state index contributed by atoms with van der Waals surface area (Å²) in [6, 6.07) is 1.90. The van der Waals surface area contributed by atoms with Crippen LogP contribution in [0, 0.1) is 0 Å². The first-order chi connectivity index (χ1) is 5.72. The number of halogens is 2. The molecule has 0 aromatic carbocycles. The second-order valence-corrected chi connectivity index (χ2v) is 6.90. The molecule has 0 spiro atoms. The van der Waals surface area contributed by atoms with Gasteiger partial charge in [0.2, 0.25) is 0 Å². The van der Waals surface area contributed by atoms with E-state index in [2.05, 4.69) is 31.9 Å². The second-order valence-electron chi connectivity index (χ2n) is 2.16. The van der Waals surface area contributed by atoms with Crippen molar-refractivity contribution in [2.45, 2.75) is 0 Å². The van der Waals surface area contributed by atoms with Crippen molar-refractivity contribution in [2.75, 3.05) is 0 Å². The third kappa shape index (κ3) is 1.28. The zero-order valence-electron chi connectivity index (χ0n) is 5.64. The fraction of sp³-hybridized carbons (Fsp3) is 0. The quantitative estimate of drug-likeness (QED) is 0.714. The number of hydrogen-bond donors (Lipinski definition) is 0. The standard InChI is InChI=1S/C7H2Br2OS2/c8-6-4-1-3(2-10)11-5(4)7(9)12-6/h1-2H. The molecule has 1 nitrogen and oxygen atoms in total. The number of carbonyl (C=O) groups excluding carboxylic acids is 1. The smallest absolute Gasteiger partial charge is 0.160 e. The normalized spacial score (nSPS) is 10.8. The van der Waals surface area contributed by atoms with E-state index in [-0.39, 0.29) is 0 Å². The molecule has 5 heteroatoms. The van der Waals surface area contributed by atoms with Crippen LogP contribution in [0.5, 0.6) is 0 Å². The third-order valence-corrected chi connectivity index (χ3v) is 5.48. The Labute approximate surface area is 93.7 Å². The lowest BCUT2D eigenvalue weighted by atomic mass is 10.4. The second kappa shape index (κ2) is 3.21. The Morgan fingerprint density at radius 2 is 2.00 bits per heavy atom. The minimum Gasteiger partial charge on any atom is -0.297 e. The highest BCUT2D eigenvalue weighted by Gasteiger charge is 2.10. The first-order valence-corrected chi connectivity index (χ1v) is 6.27. The summed E-state index contributed by atoms with van der Waals surface area (Å²) in [7, 11) is 0. The molecule has 2 aromatic rings. The predicted octanol–water partition coefficient (Wildman–Crippen LogP) is 4.30. The van der Waals surface area contributed by atoms with Gasteiger partial charge in [0.1, 0.15) is 0 Å². The highest BCUT2D eigenvalue weighted by atomic mass is 79.9. The lowest BCUT2D eigenvalue weighted by molar-refractivity contribution is 0.112. The van der Waals surface area contributed by atoms with Gasteiger partial charge in [-0.25, -0.2) is 0 Å². The van der Waals surface area contributed by atoms with Crippen molar-refractivity contribution in [3.8, 4) is 0 Å². The minimum absolute atomic E-state index is 0.772. The number of thiophene rings is 2. The summed E-state index contributed by atoms with van der Waals surface area (Å²) in [5.74, 6) is 0. The Bertz CT molecular complexity index is 409. The summed E-state index contributed by atoms with van der Waals surface area (Å²) in [5.41, 5.74) is 0. The topological polar surface area (TPSA) is 17.1 Å². The average molecular weight is 326 g/mol. The van der Waals surface area contributed by atoms with E-state index in [4.69, 9.17) is 0 Å². The van der Waals surface area contributed by atoms with Crippen LogP contribution in [0.25, 0.3) is 10.1 Å². The molecule has 12 heavy (non-hydrogen) atoms. The van der Waals surface area contributed by atoms with Crippen LogP contribution in [0.15, 0.2) is 13.6 Å². The van der Waals surface area contributed by atoms with Gasteiger partial charge in [0.05, 0.1) is 17.1 Å². The molecule has 0 aliphatic heterocycles. The van der Waals surface area contributed by atoms with E-state index in [0.29, 0.717) is 0 Å². The van der Waals surface area contributed by atoms with E-state index in [1.165, 1.54) is 11.3 Å². The fourth-order valence-corrected chi connectivity index (χ4v) is 5.22. The van der Waals surface area contributed by atoms with Gasteiger partial charge < -0.3 is 0 Å². The van der Waals surface area contributed by atoms with Crippen LogP contribution in [0.3, 0.4) is 0 Å². The molecule has 0 atom stereocenters. The first-order valence-electron chi connectivity index (χ1n) is 3.05. The van der Waals surface area contributed by atoms with Gasteiger partial charge in [-0.2, -0.15) is 0 Å². The van der Waals surface area contributed by atoms with E-state index in [1.807, 2.05) is 6.07 Å². The zero-order chi connectivity index (χ0) is 8.72. The van der Waals surface area contributed by atoms with Crippen molar-refractivity contribution in [3.05, 3.63) is 18.5 Å². The molecule has 62 valence electrons. The summed E-state index contributed by atoms with van der Waals surface area (Å²) >= 11 is 10.0. The van der Waals surface area contributed by atoms with Gasteiger partial charge in [0.15, 0.2) is 6.29 Å². The fourth-order valence-electron chi connectivity index (χ4n) is 0.940. The van der Waals surface area contributed by atoms with Crippen molar-refractivity contribution >= 4 is 70.9 Å². The van der Waals surface area contributed by atoms with Crippen molar-refractivity contribution in [1.29, 1.82) is 0 Å². The van der Waals surface area contributed by atoms with Gasteiger partial charge >= 0.3 is 0 Å². The van der Waals surface area contributed by atoms with Gasteiger partial charge in [0.25, 0.3) is 0 Å². The summed E-state index contributed by atoms with van der Waals surface area (Å²) in [4.78, 5) is 11.3. The summed E-state index contributed by atoms with van der Waals surface area (Å²) in [6.45, 7) is 0. The van der Waals surface area contributed by atoms with Gasteiger partial charge in [-0.05, 0) is 37.9 Å². The minimum atomic E-state index is 0.772. The van der Waals surface area contributed by atoms with Crippen LogP contribution in [0.4, 0.5) is 0 Å². The molecular formula is C7H2Br2OS2. The molecule has 0 N–H and O–H groups in total. The van der Waals surface area contributed by atoms with Crippen molar-refractivity contribution < 1.29 is 4.79 Å². The lowest BCUT2D eigenvalue weighted by Crippen LogP contribution is -1.63. The molecule has 0 fully saturated rings. The van der Waals surface area contributed by atoms with Crippen LogP contribution in [-0.2, 0) is 0 Å². The maximum atomic E-state index is 10.5. The highest BCUT2D eigenvalue weighted by molar-refractivity contribution is 9.12. The number of carbonyl (C=O) groups is 1. The molecule has 0 aliphatic carbocycles. The molecule has 0 amide bonds. The van der Waals surface area contributed by atoms with Crippen LogP contribution >= 0.6 is 54.5 Å². The summed E-state index contributed by atoms with van der Waals surface area (Å²) < 4.78 is 3.31. The third-order valence-electron chi connectivity index (χ3n) is 1.44. The monoisotopic (exact) mass is 324 g/mol. The van der Waals surface area contributed by atoms with Crippen LogP contribution in [0.2, 0.25) is 0 Å². The van der Waals surface area contributed by atoms with Crippen LogP contribution in [-0.4, -0.2) is 6.29 Å². The number of hydrogen-bond acceptors (Lipinski definition) is 3. The van der Waals surface area contributed by atoms with Crippen molar-refractivity contribution in [2.24, 2.45) is 0 Å². The maximum Gasteiger partial charge on any atom is 0.160 e. The molecule has 0 saturated carbocycles. The molecule has 0 radical (unpaired) electrons. The number of aldehydes is 1. The molecule has 0 unspecified atom stereocenters. The largest absolute Gasteiger partial charge is 0.297 e. The molecule has 0 bridgehead atoms. The highest BCUT2D eigenvalue weighted by Crippen LogP contribution is 2.43. The molecule has 2 heterocycles. The first kappa shape index (κ1) is 8.87. The Morgan fingerprint density at radius 1 is 1.25 bits per heavy atom. The van der Waals surface area contributed by atoms with E-state index >= 15 is 0 Å². The summed E-state index contributed by atoms with van der Waals surface area (Å²) in [6.07, 6.45) is 0.883. The van der Waals surface area contributed by atoms with E-state index in [1.54, 1.807) is 11.3 Å². The van der Waals surface area contributed by atoms with Crippen LogP contribution < -0.4 is 0 Å². The molecule has 2 rings (SSSR count). The Morgan fingerprint density at radius 3 is 2.58 bits per heavy atom. The van der Waals surface area contributed by atoms with E-state index in [0.717, 1.165) is 28.8 Å². The Balaban J connectivity index is 2.83. The molecule has 0 saturated heterocycles. The van der Waals surface area contributed by atoms with Crippen molar-refractivity contribution in [1.82, 2.24) is 0 Å². The predicted molar refractivity (Wildman–Crippen MR) is 60.5 cm³/mol. The number of fused-ring (bicyclic) bond motifs is 1. The Kier molecular flexibility index (Phi) is 2.37. The molecule has 0 aliphatic rings. The number of rotatable bonds is 1. The van der Waals surface area contributed by atoms with Crippen LogP contribution in [0.1, 0.15) is 9.67 Å². The van der Waals surface area contributed by atoms with E-state index < -0.39 is 0 Å². The SMILES string of the molecule is O=Cc1cc2c(Br)sc(Br)c2s1. The van der Waals surface area contributed by atoms with Crippen molar-refractivity contribution in [3.63, 3.8) is 0 Å². The van der Waals surface area contributed by atoms with Gasteiger partial charge in [0, 0.05) is 5.39 Å². The molecular weight excluding hydrogens is 324 g/mol. The van der Waals surface area contributed by atoms with E-state index in [9.17, 15) is 4.79 Å². The molecule has 2 aromatic heterocycles.